The molecule has 1 aliphatic heterocycles. The van der Waals surface area contributed by atoms with Gasteiger partial charge < -0.3 is 14.6 Å². The molecule has 0 aliphatic carbocycles. The minimum Gasteiger partial charge on any atom is -0.399 e. The zero-order valence-corrected chi connectivity index (χ0v) is 13.3. The summed E-state index contributed by atoms with van der Waals surface area (Å²) in [7, 11) is -0.609. The number of anilines is 1. The van der Waals surface area contributed by atoms with Gasteiger partial charge in [0, 0.05) is 0 Å². The molecule has 114 valence electrons. The Kier molecular flexibility index (Phi) is 4.33. The molecule has 1 aromatic carbocycles. The fourth-order valence-electron chi connectivity index (χ4n) is 1.95. The van der Waals surface area contributed by atoms with E-state index in [2.05, 4.69) is 5.32 Å². The van der Waals surface area contributed by atoms with E-state index in [1.807, 2.05) is 27.7 Å². The van der Waals surface area contributed by atoms with Gasteiger partial charge in [0.15, 0.2) is 0 Å². The first-order valence-corrected chi connectivity index (χ1v) is 7.20. The predicted octanol–water partition coefficient (Wildman–Crippen LogP) is 2.30. The molecular formula is C14H18BClFNO3. The van der Waals surface area contributed by atoms with Crippen LogP contribution in [0.1, 0.15) is 27.7 Å². The van der Waals surface area contributed by atoms with Crippen molar-refractivity contribution in [3.63, 3.8) is 0 Å². The Hall–Kier alpha value is -1.11. The number of carbonyl (C=O) groups excluding carboxylic acids is 1. The van der Waals surface area contributed by atoms with E-state index in [1.165, 1.54) is 12.1 Å². The minimum atomic E-state index is -0.609. The number of nitrogens with one attached hydrogen (secondary N) is 1. The van der Waals surface area contributed by atoms with Gasteiger partial charge in [-0.1, -0.05) is 6.07 Å². The lowest BCUT2D eigenvalue weighted by Gasteiger charge is -2.32. The lowest BCUT2D eigenvalue weighted by molar-refractivity contribution is -0.113. The van der Waals surface area contributed by atoms with E-state index in [1.54, 1.807) is 6.07 Å². The van der Waals surface area contributed by atoms with E-state index >= 15 is 0 Å². The van der Waals surface area contributed by atoms with Gasteiger partial charge in [-0.3, -0.25) is 4.79 Å². The van der Waals surface area contributed by atoms with Gasteiger partial charge in [-0.15, -0.1) is 11.6 Å². The van der Waals surface area contributed by atoms with Gasteiger partial charge in [-0.05, 0) is 45.3 Å². The topological polar surface area (TPSA) is 47.6 Å². The molecule has 0 aromatic heterocycles. The molecule has 2 rings (SSSR count). The largest absolute Gasteiger partial charge is 0.494 e. The molecule has 0 atom stereocenters. The van der Waals surface area contributed by atoms with Gasteiger partial charge >= 0.3 is 7.12 Å². The second-order valence-corrected chi connectivity index (χ2v) is 6.28. The first-order chi connectivity index (χ1) is 9.66. The molecule has 0 spiro atoms. The lowest BCUT2D eigenvalue weighted by atomic mass is 9.79. The van der Waals surface area contributed by atoms with Gasteiger partial charge in [0.25, 0.3) is 0 Å². The lowest BCUT2D eigenvalue weighted by Crippen LogP contribution is -2.41. The average Bonchev–Trinajstić information content (AvgIpc) is 2.61. The molecule has 0 unspecified atom stereocenters. The fourth-order valence-corrected chi connectivity index (χ4v) is 2.01. The van der Waals surface area contributed by atoms with Gasteiger partial charge in [-0.2, -0.15) is 0 Å². The summed E-state index contributed by atoms with van der Waals surface area (Å²) in [5, 5.41) is 2.41. The summed E-state index contributed by atoms with van der Waals surface area (Å²) in [6.45, 7) is 7.75. The Morgan fingerprint density at radius 3 is 2.38 bits per heavy atom. The van der Waals surface area contributed by atoms with Gasteiger partial charge in [0.05, 0.1) is 16.9 Å². The summed E-state index contributed by atoms with van der Waals surface area (Å²) in [4.78, 5) is 11.3. The highest BCUT2D eigenvalue weighted by atomic mass is 35.5. The fraction of sp³-hybridized carbons (Fsp3) is 0.500. The predicted molar refractivity (Wildman–Crippen MR) is 81.5 cm³/mol. The summed E-state index contributed by atoms with van der Waals surface area (Å²) in [6.07, 6.45) is 0. The smallest absolute Gasteiger partial charge is 0.399 e. The van der Waals surface area contributed by atoms with Crippen LogP contribution < -0.4 is 10.8 Å². The summed E-state index contributed by atoms with van der Waals surface area (Å²) in [5.41, 5.74) is -0.259. The van der Waals surface area contributed by atoms with E-state index in [0.717, 1.165) is 0 Å². The first kappa shape index (κ1) is 16.3. The quantitative estimate of drug-likeness (QED) is 0.688. The SMILES string of the molecule is CC1(C)OB(c2ccc(F)c(NC(=O)CCl)c2)OC1(C)C. The van der Waals surface area contributed by atoms with Crippen molar-refractivity contribution in [3.05, 3.63) is 24.0 Å². The molecule has 1 amide bonds. The standard InChI is InChI=1S/C14H18BClFNO3/c1-13(2)14(3,4)21-15(20-13)9-5-6-10(17)11(7-9)18-12(19)8-16/h5-7H,8H2,1-4H3,(H,18,19). The molecule has 1 saturated heterocycles. The number of amides is 1. The molecule has 0 bridgehead atoms. The van der Waals surface area contributed by atoms with Crippen LogP contribution in [0, 0.1) is 5.82 Å². The van der Waals surface area contributed by atoms with Crippen LogP contribution in [0.2, 0.25) is 0 Å². The van der Waals surface area contributed by atoms with Crippen LogP contribution in [0.25, 0.3) is 0 Å². The van der Waals surface area contributed by atoms with Crippen molar-refractivity contribution < 1.29 is 18.5 Å². The summed E-state index contributed by atoms with van der Waals surface area (Å²) in [6, 6.07) is 4.35. The molecule has 1 N–H and O–H groups in total. The van der Waals surface area contributed by atoms with Crippen LogP contribution in [-0.4, -0.2) is 30.1 Å². The molecular weight excluding hydrogens is 295 g/mol. The number of hydrogen-bond donors (Lipinski definition) is 1. The molecule has 1 aromatic rings. The minimum absolute atomic E-state index is 0.0628. The maximum atomic E-state index is 13.7. The van der Waals surface area contributed by atoms with Crippen molar-refractivity contribution in [1.29, 1.82) is 0 Å². The van der Waals surface area contributed by atoms with E-state index in [4.69, 9.17) is 20.9 Å². The van der Waals surface area contributed by atoms with Crippen LogP contribution >= 0.6 is 11.6 Å². The molecule has 1 heterocycles. The Balaban J connectivity index is 2.26. The Morgan fingerprint density at radius 2 is 1.86 bits per heavy atom. The van der Waals surface area contributed by atoms with Crippen molar-refractivity contribution >= 4 is 35.8 Å². The number of benzene rings is 1. The summed E-state index contributed by atoms with van der Waals surface area (Å²) < 4.78 is 25.5. The highest BCUT2D eigenvalue weighted by molar-refractivity contribution is 6.62. The van der Waals surface area contributed by atoms with Crippen molar-refractivity contribution in [2.75, 3.05) is 11.2 Å². The highest BCUT2D eigenvalue weighted by Crippen LogP contribution is 2.36. The van der Waals surface area contributed by atoms with E-state index in [-0.39, 0.29) is 11.6 Å². The third-order valence-electron chi connectivity index (χ3n) is 3.91. The van der Waals surface area contributed by atoms with E-state index < -0.39 is 30.0 Å². The molecule has 21 heavy (non-hydrogen) atoms. The van der Waals surface area contributed by atoms with Crippen molar-refractivity contribution in [1.82, 2.24) is 0 Å². The third-order valence-corrected chi connectivity index (χ3v) is 4.15. The molecule has 7 heteroatoms. The van der Waals surface area contributed by atoms with Crippen LogP contribution in [0.3, 0.4) is 0 Å². The summed E-state index contributed by atoms with van der Waals surface area (Å²) in [5.74, 6) is -1.24. The Labute approximate surface area is 129 Å². The van der Waals surface area contributed by atoms with E-state index in [9.17, 15) is 9.18 Å². The van der Waals surface area contributed by atoms with Crippen LogP contribution in [0.5, 0.6) is 0 Å². The monoisotopic (exact) mass is 313 g/mol. The van der Waals surface area contributed by atoms with Gasteiger partial charge in [0.2, 0.25) is 5.91 Å². The normalized spacial score (nSPS) is 19.6. The maximum Gasteiger partial charge on any atom is 0.494 e. The van der Waals surface area contributed by atoms with Crippen LogP contribution in [0.15, 0.2) is 18.2 Å². The average molecular weight is 314 g/mol. The summed E-state index contributed by atoms with van der Waals surface area (Å²) >= 11 is 5.41. The van der Waals surface area contributed by atoms with Crippen molar-refractivity contribution in [3.8, 4) is 0 Å². The zero-order chi connectivity index (χ0) is 15.8. The highest BCUT2D eigenvalue weighted by Gasteiger charge is 2.51. The Morgan fingerprint density at radius 1 is 1.29 bits per heavy atom. The molecule has 1 fully saturated rings. The number of hydrogen-bond acceptors (Lipinski definition) is 3. The zero-order valence-electron chi connectivity index (χ0n) is 12.5. The third kappa shape index (κ3) is 3.22. The molecule has 1 aliphatic rings. The van der Waals surface area contributed by atoms with Gasteiger partial charge in [0.1, 0.15) is 11.7 Å². The first-order valence-electron chi connectivity index (χ1n) is 6.67. The number of alkyl halides is 1. The maximum absolute atomic E-state index is 13.7. The second-order valence-electron chi connectivity index (χ2n) is 6.01. The number of halogens is 2. The Bertz CT molecular complexity index is 549. The van der Waals surface area contributed by atoms with Gasteiger partial charge in [-0.25, -0.2) is 4.39 Å². The van der Waals surface area contributed by atoms with Crippen molar-refractivity contribution in [2.24, 2.45) is 0 Å². The second kappa shape index (κ2) is 5.59. The van der Waals surface area contributed by atoms with Crippen molar-refractivity contribution in [2.45, 2.75) is 38.9 Å². The van der Waals surface area contributed by atoms with Crippen LogP contribution in [0.4, 0.5) is 10.1 Å². The molecule has 4 nitrogen and oxygen atoms in total. The van der Waals surface area contributed by atoms with E-state index in [0.29, 0.717) is 5.46 Å². The number of rotatable bonds is 3. The van der Waals surface area contributed by atoms with Crippen LogP contribution in [-0.2, 0) is 14.1 Å². The molecule has 0 radical (unpaired) electrons. The molecule has 0 saturated carbocycles. The number of carbonyl (C=O) groups is 1.